The number of amides is 1. The van der Waals surface area contributed by atoms with Crippen molar-refractivity contribution in [3.63, 3.8) is 0 Å². The van der Waals surface area contributed by atoms with Gasteiger partial charge in [0.25, 0.3) is 0 Å². The standard InChI is InChI=1S/C24H28N6O3/c1-29-7-6-15-9-22(32-3)21(8-17(15)13-29)28-23-25-11-16-4-5-18(10-20(16)27-23)30(2)14-19-12-26-24(31)33-19/h4-5,8-11,19H,6-7,12-14H2,1-3H3,(H,26,31)(H,25,27,28)/t19-/m1/s1. The fourth-order valence-electron chi connectivity index (χ4n) is 4.37. The molecular formula is C24H28N6O3. The average Bonchev–Trinajstić information content (AvgIpc) is 3.22. The lowest BCUT2D eigenvalue weighted by atomic mass is 9.99. The predicted molar refractivity (Wildman–Crippen MR) is 127 cm³/mol. The third kappa shape index (κ3) is 4.49. The minimum absolute atomic E-state index is 0.170. The summed E-state index contributed by atoms with van der Waals surface area (Å²) in [6.45, 7) is 3.08. The smallest absolute Gasteiger partial charge is 0.407 e. The molecule has 33 heavy (non-hydrogen) atoms. The summed E-state index contributed by atoms with van der Waals surface area (Å²) in [4.78, 5) is 24.9. The van der Waals surface area contributed by atoms with Gasteiger partial charge in [-0.3, -0.25) is 0 Å². The Morgan fingerprint density at radius 1 is 1.30 bits per heavy atom. The van der Waals surface area contributed by atoms with Gasteiger partial charge in [0.1, 0.15) is 11.9 Å². The minimum atomic E-state index is -0.361. The van der Waals surface area contributed by atoms with Crippen molar-refractivity contribution in [1.29, 1.82) is 0 Å². The van der Waals surface area contributed by atoms with E-state index in [9.17, 15) is 4.79 Å². The van der Waals surface area contributed by atoms with E-state index < -0.39 is 0 Å². The Balaban J connectivity index is 1.39. The third-order valence-electron chi connectivity index (χ3n) is 6.20. The van der Waals surface area contributed by atoms with E-state index in [1.165, 1.54) is 11.1 Å². The summed E-state index contributed by atoms with van der Waals surface area (Å²) < 4.78 is 10.9. The van der Waals surface area contributed by atoms with Gasteiger partial charge >= 0.3 is 6.09 Å². The van der Waals surface area contributed by atoms with E-state index in [0.29, 0.717) is 19.0 Å². The van der Waals surface area contributed by atoms with Crippen LogP contribution in [0.15, 0.2) is 36.5 Å². The Labute approximate surface area is 192 Å². The molecule has 1 amide bonds. The Kier molecular flexibility index (Phi) is 5.63. The molecular weight excluding hydrogens is 420 g/mol. The number of hydrogen-bond acceptors (Lipinski definition) is 8. The summed E-state index contributed by atoms with van der Waals surface area (Å²) in [6, 6.07) is 10.3. The topological polar surface area (TPSA) is 91.9 Å². The van der Waals surface area contributed by atoms with Crippen molar-refractivity contribution in [3.05, 3.63) is 47.7 Å². The van der Waals surface area contributed by atoms with Crippen LogP contribution in [0, 0.1) is 0 Å². The number of carbonyl (C=O) groups excluding carboxylic acids is 1. The third-order valence-corrected chi connectivity index (χ3v) is 6.20. The molecule has 1 fully saturated rings. The summed E-state index contributed by atoms with van der Waals surface area (Å²) in [5.41, 5.74) is 5.29. The lowest BCUT2D eigenvalue weighted by Gasteiger charge is -2.26. The van der Waals surface area contributed by atoms with Gasteiger partial charge in [-0.2, -0.15) is 0 Å². The maximum Gasteiger partial charge on any atom is 0.407 e. The van der Waals surface area contributed by atoms with Crippen molar-refractivity contribution in [3.8, 4) is 5.75 Å². The van der Waals surface area contributed by atoms with Crippen LogP contribution < -0.4 is 20.3 Å². The number of fused-ring (bicyclic) bond motifs is 2. The summed E-state index contributed by atoms with van der Waals surface area (Å²) in [5.74, 6) is 1.30. The first-order valence-corrected chi connectivity index (χ1v) is 11.1. The molecule has 1 saturated heterocycles. The van der Waals surface area contributed by atoms with Crippen molar-refractivity contribution in [2.24, 2.45) is 0 Å². The van der Waals surface area contributed by atoms with E-state index >= 15 is 0 Å². The zero-order chi connectivity index (χ0) is 22.9. The number of hydrogen-bond donors (Lipinski definition) is 2. The van der Waals surface area contributed by atoms with Crippen LogP contribution in [0.2, 0.25) is 0 Å². The molecule has 2 aliphatic rings. The molecule has 5 rings (SSSR count). The number of ether oxygens (including phenoxy) is 2. The summed E-state index contributed by atoms with van der Waals surface area (Å²) in [7, 11) is 5.79. The maximum absolute atomic E-state index is 11.3. The van der Waals surface area contributed by atoms with E-state index in [1.54, 1.807) is 7.11 Å². The summed E-state index contributed by atoms with van der Waals surface area (Å²) >= 11 is 0. The normalized spacial score (nSPS) is 17.9. The predicted octanol–water partition coefficient (Wildman–Crippen LogP) is 2.91. The fraction of sp³-hybridized carbons (Fsp3) is 0.375. The molecule has 172 valence electrons. The minimum Gasteiger partial charge on any atom is -0.495 e. The molecule has 2 aliphatic heterocycles. The highest BCUT2D eigenvalue weighted by molar-refractivity contribution is 5.83. The van der Waals surface area contributed by atoms with Crippen molar-refractivity contribution >= 4 is 34.3 Å². The second-order valence-electron chi connectivity index (χ2n) is 8.66. The van der Waals surface area contributed by atoms with Crippen molar-refractivity contribution < 1.29 is 14.3 Å². The van der Waals surface area contributed by atoms with E-state index in [4.69, 9.17) is 14.5 Å². The second kappa shape index (κ2) is 8.74. The van der Waals surface area contributed by atoms with Gasteiger partial charge in [0.05, 0.1) is 31.4 Å². The SMILES string of the molecule is COc1cc2c(cc1Nc1ncc3ccc(N(C)C[C@H]4CNC(=O)O4)cc3n1)CN(C)CC2. The molecule has 3 aromatic rings. The number of cyclic esters (lactones) is 1. The molecule has 1 atom stereocenters. The van der Waals surface area contributed by atoms with Crippen LogP contribution in [-0.4, -0.2) is 67.9 Å². The van der Waals surface area contributed by atoms with Crippen molar-refractivity contribution in [2.75, 3.05) is 51.1 Å². The Hall–Kier alpha value is -3.59. The van der Waals surface area contributed by atoms with Crippen LogP contribution in [0.3, 0.4) is 0 Å². The number of benzene rings is 2. The molecule has 0 aliphatic carbocycles. The highest BCUT2D eigenvalue weighted by atomic mass is 16.6. The molecule has 0 radical (unpaired) electrons. The van der Waals surface area contributed by atoms with Crippen LogP contribution in [-0.2, 0) is 17.7 Å². The van der Waals surface area contributed by atoms with Crippen LogP contribution in [0.5, 0.6) is 5.75 Å². The number of anilines is 3. The van der Waals surface area contributed by atoms with Crippen molar-refractivity contribution in [1.82, 2.24) is 20.2 Å². The molecule has 2 aromatic carbocycles. The van der Waals surface area contributed by atoms with Crippen LogP contribution in [0.4, 0.5) is 22.1 Å². The quantitative estimate of drug-likeness (QED) is 0.595. The molecule has 9 heteroatoms. The van der Waals surface area contributed by atoms with Gasteiger partial charge in [0.15, 0.2) is 0 Å². The van der Waals surface area contributed by atoms with E-state index in [2.05, 4.69) is 44.6 Å². The van der Waals surface area contributed by atoms with Gasteiger partial charge in [-0.1, -0.05) is 0 Å². The number of rotatable bonds is 6. The second-order valence-corrected chi connectivity index (χ2v) is 8.66. The number of likely N-dealkylation sites (N-methyl/N-ethyl adjacent to an activating group) is 2. The number of carbonyl (C=O) groups is 1. The van der Waals surface area contributed by atoms with E-state index in [-0.39, 0.29) is 12.2 Å². The highest BCUT2D eigenvalue weighted by Crippen LogP contribution is 2.33. The van der Waals surface area contributed by atoms with Crippen LogP contribution in [0.25, 0.3) is 10.9 Å². The largest absolute Gasteiger partial charge is 0.495 e. The summed E-state index contributed by atoms with van der Waals surface area (Å²) in [5, 5.41) is 6.99. The number of alkyl carbamates (subject to hydrolysis) is 1. The lowest BCUT2D eigenvalue weighted by Crippen LogP contribution is -2.31. The Morgan fingerprint density at radius 2 is 2.18 bits per heavy atom. The van der Waals surface area contributed by atoms with Gasteiger partial charge < -0.3 is 29.9 Å². The molecule has 0 spiro atoms. The highest BCUT2D eigenvalue weighted by Gasteiger charge is 2.24. The van der Waals surface area contributed by atoms with Gasteiger partial charge in [-0.25, -0.2) is 14.8 Å². The monoisotopic (exact) mass is 448 g/mol. The summed E-state index contributed by atoms with van der Waals surface area (Å²) in [6.07, 6.45) is 2.30. The first-order valence-electron chi connectivity index (χ1n) is 11.1. The zero-order valence-electron chi connectivity index (χ0n) is 19.1. The Bertz CT molecular complexity index is 1200. The van der Waals surface area contributed by atoms with Crippen molar-refractivity contribution in [2.45, 2.75) is 19.1 Å². The number of methoxy groups -OCH3 is 1. The van der Waals surface area contributed by atoms with Gasteiger partial charge in [-0.05, 0) is 54.9 Å². The molecule has 9 nitrogen and oxygen atoms in total. The van der Waals surface area contributed by atoms with E-state index in [1.807, 2.05) is 31.4 Å². The lowest BCUT2D eigenvalue weighted by molar-refractivity contribution is 0.143. The first kappa shape index (κ1) is 21.3. The molecule has 0 saturated carbocycles. The number of nitrogens with zero attached hydrogens (tertiary/aromatic N) is 4. The molecule has 1 aromatic heterocycles. The van der Waals surface area contributed by atoms with Gasteiger partial charge in [0, 0.05) is 37.4 Å². The fourth-order valence-corrected chi connectivity index (χ4v) is 4.37. The van der Waals surface area contributed by atoms with Gasteiger partial charge in [0.2, 0.25) is 5.95 Å². The first-order chi connectivity index (χ1) is 16.0. The number of nitrogens with one attached hydrogen (secondary N) is 2. The number of aromatic nitrogens is 2. The van der Waals surface area contributed by atoms with Gasteiger partial charge in [-0.15, -0.1) is 0 Å². The zero-order valence-corrected chi connectivity index (χ0v) is 19.1. The molecule has 0 bridgehead atoms. The van der Waals surface area contributed by atoms with Crippen LogP contribution in [0.1, 0.15) is 11.1 Å². The van der Waals surface area contributed by atoms with E-state index in [0.717, 1.165) is 47.5 Å². The van der Waals surface area contributed by atoms with Crippen LogP contribution >= 0.6 is 0 Å². The molecule has 3 heterocycles. The Morgan fingerprint density at radius 3 is 2.97 bits per heavy atom. The average molecular weight is 449 g/mol. The molecule has 2 N–H and O–H groups in total. The molecule has 0 unspecified atom stereocenters. The maximum atomic E-state index is 11.3.